The van der Waals surface area contributed by atoms with Gasteiger partial charge < -0.3 is 36.4 Å². The summed E-state index contributed by atoms with van der Waals surface area (Å²) in [4.78, 5) is 0. The molecule has 0 aromatic heterocycles. The molecular weight excluding hydrogens is 202 g/mol. The minimum atomic E-state index is 0. The highest BCUT2D eigenvalue weighted by Crippen LogP contribution is 2.02. The van der Waals surface area contributed by atoms with Crippen LogP contribution in [0.4, 0.5) is 0 Å². The zero-order valence-corrected chi connectivity index (χ0v) is 8.95. The fraction of sp³-hybridized carbons (Fsp3) is 0.800. The summed E-state index contributed by atoms with van der Waals surface area (Å²) in [5.41, 5.74) is 2.92. The van der Waals surface area contributed by atoms with E-state index in [1.54, 1.807) is 0 Å². The molecule has 0 radical (unpaired) electrons. The molecule has 68 valence electrons. The summed E-state index contributed by atoms with van der Waals surface area (Å²) in [5, 5.41) is 2.06. The predicted octanol–water partition coefficient (Wildman–Crippen LogP) is 1.22. The van der Waals surface area contributed by atoms with Crippen LogP contribution in [0.2, 0.25) is 0 Å². The minimum absolute atomic E-state index is 0. The van der Waals surface area contributed by atoms with Gasteiger partial charge in [0.1, 0.15) is 0 Å². The van der Waals surface area contributed by atoms with Gasteiger partial charge in [-0.3, -0.25) is 0 Å². The van der Waals surface area contributed by atoms with E-state index in [0.717, 1.165) is 13.1 Å². The molecule has 1 heterocycles. The zero-order valence-electron chi connectivity index (χ0n) is 6.50. The van der Waals surface area contributed by atoms with Crippen LogP contribution in [0.15, 0.2) is 0 Å². The van der Waals surface area contributed by atoms with Gasteiger partial charge in [0.25, 0.3) is 0 Å². The first-order valence-electron chi connectivity index (χ1n) is 3.01. The largest absolute Gasteiger partial charge is 0.410 e. The normalized spacial score (nSPS) is 16.4. The Kier molecular flexibility index (Phi) is 8.83. The van der Waals surface area contributed by atoms with E-state index in [4.69, 9.17) is 24.8 Å². The molecule has 0 atom stereocenters. The van der Waals surface area contributed by atoms with Gasteiger partial charge >= 0.3 is 0 Å². The SMILES string of the molecule is Cl.S=C([S-])NN1CCCC1.[NH4+]. The number of nitrogens with one attached hydrogen (secondary N) is 1. The van der Waals surface area contributed by atoms with Gasteiger partial charge in [0.15, 0.2) is 0 Å². The third kappa shape index (κ3) is 5.57. The lowest BCUT2D eigenvalue weighted by atomic mass is 10.4. The molecular formula is C5H14ClN3S2. The van der Waals surface area contributed by atoms with Crippen molar-refractivity contribution in [1.29, 1.82) is 0 Å². The summed E-state index contributed by atoms with van der Waals surface area (Å²) in [6.07, 6.45) is 2.51. The number of nitrogens with zero attached hydrogens (tertiary/aromatic N) is 1. The molecule has 0 aliphatic carbocycles. The average Bonchev–Trinajstić information content (AvgIpc) is 2.15. The fourth-order valence-electron chi connectivity index (χ4n) is 0.958. The average molecular weight is 216 g/mol. The Labute approximate surface area is 84.3 Å². The van der Waals surface area contributed by atoms with Crippen molar-refractivity contribution >= 4 is 41.6 Å². The Bertz CT molecular complexity index is 116. The van der Waals surface area contributed by atoms with Crippen molar-refractivity contribution in [3.63, 3.8) is 0 Å². The van der Waals surface area contributed by atoms with E-state index >= 15 is 0 Å². The number of quaternary nitrogens is 1. The predicted molar refractivity (Wildman–Crippen MR) is 57.1 cm³/mol. The van der Waals surface area contributed by atoms with Gasteiger partial charge in [-0.25, -0.2) is 5.01 Å². The van der Waals surface area contributed by atoms with Crippen LogP contribution in [0.3, 0.4) is 0 Å². The van der Waals surface area contributed by atoms with Gasteiger partial charge in [-0.2, -0.15) is 0 Å². The molecule has 11 heavy (non-hydrogen) atoms. The number of halogens is 1. The Morgan fingerprint density at radius 2 is 1.82 bits per heavy atom. The Balaban J connectivity index is 0. The zero-order chi connectivity index (χ0) is 6.69. The molecule has 6 heteroatoms. The number of hydrazine groups is 1. The van der Waals surface area contributed by atoms with Gasteiger partial charge in [-0.15, -0.1) is 12.4 Å². The molecule has 0 spiro atoms. The highest BCUT2D eigenvalue weighted by Gasteiger charge is 2.08. The summed E-state index contributed by atoms with van der Waals surface area (Å²) in [7, 11) is 0. The lowest BCUT2D eigenvalue weighted by Gasteiger charge is -2.19. The summed E-state index contributed by atoms with van der Waals surface area (Å²) >= 11 is 9.39. The molecule has 0 unspecified atom stereocenters. The van der Waals surface area contributed by atoms with Crippen LogP contribution in [-0.4, -0.2) is 22.4 Å². The topological polar surface area (TPSA) is 51.8 Å². The monoisotopic (exact) mass is 215 g/mol. The van der Waals surface area contributed by atoms with Gasteiger partial charge in [-0.05, 0) is 17.2 Å². The molecule has 1 fully saturated rings. The van der Waals surface area contributed by atoms with Crippen molar-refractivity contribution < 1.29 is 0 Å². The maximum absolute atomic E-state index is 4.69. The second-order valence-corrected chi connectivity index (χ2v) is 3.17. The van der Waals surface area contributed by atoms with E-state index in [0.29, 0.717) is 4.32 Å². The van der Waals surface area contributed by atoms with Crippen LogP contribution in [0.1, 0.15) is 12.8 Å². The van der Waals surface area contributed by atoms with Crippen molar-refractivity contribution in [3.05, 3.63) is 0 Å². The highest BCUT2D eigenvalue weighted by atomic mass is 35.5. The van der Waals surface area contributed by atoms with Crippen LogP contribution in [0.25, 0.3) is 0 Å². The van der Waals surface area contributed by atoms with Crippen LogP contribution in [0.5, 0.6) is 0 Å². The van der Waals surface area contributed by atoms with E-state index in [2.05, 4.69) is 10.4 Å². The number of rotatable bonds is 1. The maximum atomic E-state index is 4.69. The van der Waals surface area contributed by atoms with E-state index < -0.39 is 0 Å². The second kappa shape index (κ2) is 7.00. The molecule has 3 nitrogen and oxygen atoms in total. The Morgan fingerprint density at radius 1 is 1.36 bits per heavy atom. The Hall–Kier alpha value is 0.320. The van der Waals surface area contributed by atoms with Gasteiger partial charge in [0.05, 0.1) is 0 Å². The summed E-state index contributed by atoms with van der Waals surface area (Å²) in [5.74, 6) is 0. The molecule has 0 amide bonds. The first-order valence-corrected chi connectivity index (χ1v) is 3.83. The first kappa shape index (κ1) is 13.9. The van der Waals surface area contributed by atoms with E-state index in [9.17, 15) is 0 Å². The van der Waals surface area contributed by atoms with Crippen LogP contribution in [-0.2, 0) is 12.6 Å². The highest BCUT2D eigenvalue weighted by molar-refractivity contribution is 8.00. The van der Waals surface area contributed by atoms with Crippen molar-refractivity contribution in [2.45, 2.75) is 12.8 Å². The molecule has 0 saturated carbocycles. The van der Waals surface area contributed by atoms with E-state index in [1.165, 1.54) is 12.8 Å². The molecule has 0 aromatic carbocycles. The van der Waals surface area contributed by atoms with Crippen molar-refractivity contribution in [2.24, 2.45) is 0 Å². The van der Waals surface area contributed by atoms with E-state index in [1.807, 2.05) is 0 Å². The third-order valence-electron chi connectivity index (χ3n) is 1.36. The van der Waals surface area contributed by atoms with Crippen molar-refractivity contribution in [3.8, 4) is 0 Å². The molecule has 0 aromatic rings. The van der Waals surface area contributed by atoms with Crippen molar-refractivity contribution in [2.75, 3.05) is 13.1 Å². The smallest absolute Gasteiger partial charge is 0.0178 e. The van der Waals surface area contributed by atoms with Crippen LogP contribution in [0, 0.1) is 0 Å². The Morgan fingerprint density at radius 3 is 2.18 bits per heavy atom. The molecule has 1 rings (SSSR count). The van der Waals surface area contributed by atoms with Gasteiger partial charge in [0, 0.05) is 13.1 Å². The minimum Gasteiger partial charge on any atom is -0.410 e. The first-order chi connectivity index (χ1) is 4.29. The summed E-state index contributed by atoms with van der Waals surface area (Å²) in [6, 6.07) is 0. The standard InChI is InChI=1S/C5H10N2S2.ClH.H3N/c8-5(9)6-7-3-1-2-4-7;;/h1-4H2,(H2,6,8,9);1H;1H3. The maximum Gasteiger partial charge on any atom is 0.0178 e. The number of hydrogen-bond acceptors (Lipinski definition) is 3. The lowest BCUT2D eigenvalue weighted by Crippen LogP contribution is -2.37. The second-order valence-electron chi connectivity index (χ2n) is 2.09. The fourth-order valence-corrected chi connectivity index (χ4v) is 1.22. The lowest BCUT2D eigenvalue weighted by molar-refractivity contribution is 0.300. The summed E-state index contributed by atoms with van der Waals surface area (Å²) in [6.45, 7) is 2.16. The summed E-state index contributed by atoms with van der Waals surface area (Å²) < 4.78 is 0.455. The van der Waals surface area contributed by atoms with E-state index in [-0.39, 0.29) is 18.6 Å². The van der Waals surface area contributed by atoms with Crippen LogP contribution >= 0.6 is 24.6 Å². The van der Waals surface area contributed by atoms with Crippen molar-refractivity contribution in [1.82, 2.24) is 16.6 Å². The molecule has 1 aliphatic heterocycles. The molecule has 0 bridgehead atoms. The molecule has 1 saturated heterocycles. The van der Waals surface area contributed by atoms with Crippen LogP contribution < -0.4 is 11.6 Å². The molecule has 5 N–H and O–H groups in total. The number of hydrogen-bond donors (Lipinski definition) is 2. The quantitative estimate of drug-likeness (QED) is 0.510. The van der Waals surface area contributed by atoms with Gasteiger partial charge in [-0.1, -0.05) is 0 Å². The molecule has 1 aliphatic rings. The number of thiocarbonyl (C=S) groups is 1. The third-order valence-corrected chi connectivity index (χ3v) is 1.54. The van der Waals surface area contributed by atoms with Gasteiger partial charge in [0.2, 0.25) is 0 Å².